The number of hydrogen-bond acceptors (Lipinski definition) is 2. The van der Waals surface area contributed by atoms with Crippen LogP contribution in [0.15, 0.2) is 18.2 Å². The molecule has 1 aromatic rings. The molecule has 100 valence electrons. The van der Waals surface area contributed by atoms with Crippen LogP contribution >= 0.6 is 0 Å². The molecule has 1 heterocycles. The van der Waals surface area contributed by atoms with E-state index in [9.17, 15) is 0 Å². The van der Waals surface area contributed by atoms with E-state index in [2.05, 4.69) is 44.3 Å². The summed E-state index contributed by atoms with van der Waals surface area (Å²) in [6.45, 7) is 8.49. The van der Waals surface area contributed by atoms with Crippen LogP contribution in [0.4, 0.5) is 0 Å². The molecule has 1 aliphatic rings. The topological polar surface area (TPSA) is 21.3 Å². The number of ether oxygens (including phenoxy) is 1. The molecule has 1 aromatic carbocycles. The number of rotatable bonds is 4. The summed E-state index contributed by atoms with van der Waals surface area (Å²) >= 11 is 0. The quantitative estimate of drug-likeness (QED) is 0.883. The number of hydrogen-bond donors (Lipinski definition) is 1. The van der Waals surface area contributed by atoms with Crippen molar-refractivity contribution >= 4 is 0 Å². The van der Waals surface area contributed by atoms with Gasteiger partial charge in [-0.25, -0.2) is 0 Å². The van der Waals surface area contributed by atoms with Crippen LogP contribution in [0.2, 0.25) is 0 Å². The summed E-state index contributed by atoms with van der Waals surface area (Å²) < 4.78 is 5.81. The molecule has 0 aliphatic carbocycles. The molecule has 2 atom stereocenters. The van der Waals surface area contributed by atoms with E-state index in [1.807, 2.05) is 7.05 Å². The third-order valence-corrected chi connectivity index (χ3v) is 4.20. The van der Waals surface area contributed by atoms with Crippen molar-refractivity contribution in [2.45, 2.75) is 39.7 Å². The van der Waals surface area contributed by atoms with Crippen molar-refractivity contribution < 1.29 is 4.74 Å². The Morgan fingerprint density at radius 2 is 1.94 bits per heavy atom. The number of benzene rings is 1. The van der Waals surface area contributed by atoms with E-state index in [-0.39, 0.29) is 5.41 Å². The van der Waals surface area contributed by atoms with Gasteiger partial charge in [0.05, 0.1) is 6.10 Å². The predicted molar refractivity (Wildman–Crippen MR) is 76.0 cm³/mol. The first-order valence-electron chi connectivity index (χ1n) is 6.89. The van der Waals surface area contributed by atoms with Gasteiger partial charge >= 0.3 is 0 Å². The van der Waals surface area contributed by atoms with Gasteiger partial charge in [-0.2, -0.15) is 0 Å². The molecular formula is C16H25NO. The van der Waals surface area contributed by atoms with E-state index in [1.54, 1.807) is 0 Å². The molecule has 2 nitrogen and oxygen atoms in total. The maximum absolute atomic E-state index is 5.81. The third kappa shape index (κ3) is 2.76. The monoisotopic (exact) mass is 247 g/mol. The van der Waals surface area contributed by atoms with Crippen molar-refractivity contribution in [1.29, 1.82) is 0 Å². The molecule has 0 bridgehead atoms. The fraction of sp³-hybridized carbons (Fsp3) is 0.625. The summed E-state index contributed by atoms with van der Waals surface area (Å²) in [4.78, 5) is 0. The Morgan fingerprint density at radius 3 is 2.44 bits per heavy atom. The second kappa shape index (κ2) is 5.41. The molecule has 0 radical (unpaired) electrons. The fourth-order valence-corrected chi connectivity index (χ4v) is 3.28. The van der Waals surface area contributed by atoms with Crippen molar-refractivity contribution in [1.82, 2.24) is 5.32 Å². The average molecular weight is 247 g/mol. The molecule has 0 saturated carbocycles. The van der Waals surface area contributed by atoms with E-state index in [4.69, 9.17) is 4.74 Å². The molecule has 2 rings (SSSR count). The minimum atomic E-state index is 0.259. The second-order valence-electron chi connectivity index (χ2n) is 5.83. The summed E-state index contributed by atoms with van der Waals surface area (Å²) in [7, 11) is 2.04. The van der Waals surface area contributed by atoms with Crippen molar-refractivity contribution in [2.75, 3.05) is 20.2 Å². The van der Waals surface area contributed by atoms with Crippen molar-refractivity contribution in [2.24, 2.45) is 5.41 Å². The smallest absolute Gasteiger partial charge is 0.0619 e. The Kier molecular flexibility index (Phi) is 4.08. The van der Waals surface area contributed by atoms with Crippen molar-refractivity contribution in [3.63, 3.8) is 0 Å². The zero-order valence-electron chi connectivity index (χ0n) is 12.0. The predicted octanol–water partition coefficient (Wildman–Crippen LogP) is 2.86. The Morgan fingerprint density at radius 1 is 1.28 bits per heavy atom. The van der Waals surface area contributed by atoms with Gasteiger partial charge in [-0.3, -0.25) is 0 Å². The van der Waals surface area contributed by atoms with Gasteiger partial charge in [0.15, 0.2) is 0 Å². The summed E-state index contributed by atoms with van der Waals surface area (Å²) in [5.74, 6) is 0. The first kappa shape index (κ1) is 13.6. The van der Waals surface area contributed by atoms with Crippen LogP contribution in [-0.4, -0.2) is 26.3 Å². The molecule has 1 N–H and O–H groups in total. The van der Waals surface area contributed by atoms with Gasteiger partial charge in [-0.15, -0.1) is 0 Å². The zero-order valence-corrected chi connectivity index (χ0v) is 12.0. The maximum atomic E-state index is 5.81. The highest BCUT2D eigenvalue weighted by molar-refractivity contribution is 5.29. The molecule has 0 amide bonds. The van der Waals surface area contributed by atoms with E-state index in [0.29, 0.717) is 6.10 Å². The van der Waals surface area contributed by atoms with Crippen LogP contribution in [0, 0.1) is 19.3 Å². The van der Waals surface area contributed by atoms with E-state index < -0.39 is 0 Å². The minimum Gasteiger partial charge on any atom is -0.378 e. The van der Waals surface area contributed by atoms with Crippen LogP contribution in [0.5, 0.6) is 0 Å². The van der Waals surface area contributed by atoms with E-state index in [1.165, 1.54) is 16.7 Å². The van der Waals surface area contributed by atoms with E-state index in [0.717, 1.165) is 26.0 Å². The van der Waals surface area contributed by atoms with Crippen LogP contribution in [0.25, 0.3) is 0 Å². The lowest BCUT2D eigenvalue weighted by molar-refractivity contribution is 0.0640. The van der Waals surface area contributed by atoms with Gasteiger partial charge < -0.3 is 10.1 Å². The Balaban J connectivity index is 2.23. The van der Waals surface area contributed by atoms with Crippen LogP contribution in [0.1, 0.15) is 30.0 Å². The molecule has 0 spiro atoms. The molecular weight excluding hydrogens is 222 g/mol. The minimum absolute atomic E-state index is 0.259. The Hall–Kier alpha value is -0.860. The van der Waals surface area contributed by atoms with Crippen LogP contribution < -0.4 is 5.32 Å². The van der Waals surface area contributed by atoms with Gasteiger partial charge in [-0.05, 0) is 46.2 Å². The normalized spacial score (nSPS) is 27.7. The third-order valence-electron chi connectivity index (χ3n) is 4.20. The number of nitrogens with one attached hydrogen (secondary N) is 1. The lowest BCUT2D eigenvalue weighted by atomic mass is 9.76. The van der Waals surface area contributed by atoms with Crippen molar-refractivity contribution in [3.05, 3.63) is 34.9 Å². The van der Waals surface area contributed by atoms with Gasteiger partial charge in [0.25, 0.3) is 0 Å². The highest BCUT2D eigenvalue weighted by Gasteiger charge is 2.40. The molecule has 1 aliphatic heterocycles. The molecule has 2 heteroatoms. The first-order chi connectivity index (χ1) is 8.55. The zero-order chi connectivity index (χ0) is 13.2. The second-order valence-corrected chi connectivity index (χ2v) is 5.83. The lowest BCUT2D eigenvalue weighted by Gasteiger charge is -2.32. The lowest BCUT2D eigenvalue weighted by Crippen LogP contribution is -2.40. The SMILES string of the molecule is CNCC1(Cc2cc(C)cc(C)c2)CCOC1C. The van der Waals surface area contributed by atoms with Gasteiger partial charge in [0.1, 0.15) is 0 Å². The maximum Gasteiger partial charge on any atom is 0.0619 e. The molecule has 18 heavy (non-hydrogen) atoms. The summed E-state index contributed by atoms with van der Waals surface area (Å²) in [6.07, 6.45) is 2.60. The van der Waals surface area contributed by atoms with Gasteiger partial charge in [0, 0.05) is 18.6 Å². The fourth-order valence-electron chi connectivity index (χ4n) is 3.28. The molecule has 1 saturated heterocycles. The molecule has 0 aromatic heterocycles. The number of aryl methyl sites for hydroxylation is 2. The van der Waals surface area contributed by atoms with Gasteiger partial charge in [0.2, 0.25) is 0 Å². The van der Waals surface area contributed by atoms with E-state index >= 15 is 0 Å². The van der Waals surface area contributed by atoms with Gasteiger partial charge in [-0.1, -0.05) is 29.3 Å². The summed E-state index contributed by atoms with van der Waals surface area (Å²) in [5, 5.41) is 3.35. The van der Waals surface area contributed by atoms with Crippen LogP contribution in [-0.2, 0) is 11.2 Å². The molecule has 2 unspecified atom stereocenters. The molecule has 1 fully saturated rings. The highest BCUT2D eigenvalue weighted by Crippen LogP contribution is 2.38. The Labute approximate surface area is 111 Å². The standard InChI is InChI=1S/C16H25NO/c1-12-7-13(2)9-15(8-12)10-16(11-17-4)5-6-18-14(16)3/h7-9,14,17H,5-6,10-11H2,1-4H3. The first-order valence-corrected chi connectivity index (χ1v) is 6.89. The Bertz CT molecular complexity index is 395. The van der Waals surface area contributed by atoms with Crippen molar-refractivity contribution in [3.8, 4) is 0 Å². The summed E-state index contributed by atoms with van der Waals surface area (Å²) in [6, 6.07) is 6.87. The highest BCUT2D eigenvalue weighted by atomic mass is 16.5. The largest absolute Gasteiger partial charge is 0.378 e. The average Bonchev–Trinajstić information content (AvgIpc) is 2.59. The summed E-state index contributed by atoms with van der Waals surface area (Å²) in [5.41, 5.74) is 4.42. The van der Waals surface area contributed by atoms with Crippen LogP contribution in [0.3, 0.4) is 0 Å².